The number of carbonyl (C=O) groups excluding carboxylic acids is 2. The Kier molecular flexibility index (Phi) is 9.42. The van der Waals surface area contributed by atoms with Crippen LogP contribution in [0.4, 0.5) is 5.69 Å². The van der Waals surface area contributed by atoms with Crippen molar-refractivity contribution in [2.75, 3.05) is 52.4 Å². The van der Waals surface area contributed by atoms with Gasteiger partial charge in [-0.1, -0.05) is 0 Å². The number of carbonyl (C=O) groups is 2. The number of hydrogen-bond acceptors (Lipinski definition) is 5. The van der Waals surface area contributed by atoms with Gasteiger partial charge in [0.05, 0.1) is 13.2 Å². The lowest BCUT2D eigenvalue weighted by Gasteiger charge is -2.09. The summed E-state index contributed by atoms with van der Waals surface area (Å²) >= 11 is 0. The molecule has 23 heavy (non-hydrogen) atoms. The van der Waals surface area contributed by atoms with Crippen LogP contribution in [-0.2, 0) is 14.3 Å². The molecule has 2 amide bonds. The molecule has 0 heterocycles. The van der Waals surface area contributed by atoms with Crippen LogP contribution in [0.15, 0.2) is 24.3 Å². The summed E-state index contributed by atoms with van der Waals surface area (Å²) in [5.74, 6) is -0.230. The van der Waals surface area contributed by atoms with Gasteiger partial charge in [-0.3, -0.25) is 9.59 Å². The third-order valence-electron chi connectivity index (χ3n) is 3.04. The fourth-order valence-electron chi connectivity index (χ4n) is 1.80. The van der Waals surface area contributed by atoms with Crippen LogP contribution in [-0.4, -0.2) is 58.9 Å². The third-order valence-corrected chi connectivity index (χ3v) is 3.04. The number of hydrogen-bond donors (Lipinski definition) is 3. The zero-order valence-electron chi connectivity index (χ0n) is 13.7. The summed E-state index contributed by atoms with van der Waals surface area (Å²) in [5, 5.41) is 8.54. The van der Waals surface area contributed by atoms with Gasteiger partial charge in [-0.2, -0.15) is 0 Å². The van der Waals surface area contributed by atoms with Crippen molar-refractivity contribution in [1.29, 1.82) is 0 Å². The van der Waals surface area contributed by atoms with Crippen LogP contribution >= 0.6 is 0 Å². The minimum absolute atomic E-state index is 0.0810. The summed E-state index contributed by atoms with van der Waals surface area (Å²) in [5.41, 5.74) is 1.35. The van der Waals surface area contributed by atoms with E-state index in [0.717, 1.165) is 12.1 Å². The Morgan fingerprint density at radius 1 is 0.957 bits per heavy atom. The van der Waals surface area contributed by atoms with Gasteiger partial charge >= 0.3 is 0 Å². The highest BCUT2D eigenvalue weighted by atomic mass is 16.5. The molecule has 0 bridgehead atoms. The molecule has 0 atom stereocenters. The van der Waals surface area contributed by atoms with Crippen LogP contribution in [0.2, 0.25) is 0 Å². The van der Waals surface area contributed by atoms with Crippen molar-refractivity contribution in [3.05, 3.63) is 29.8 Å². The minimum Gasteiger partial charge on any atom is -0.385 e. The maximum atomic E-state index is 11.8. The van der Waals surface area contributed by atoms with E-state index in [-0.39, 0.29) is 18.4 Å². The first-order valence-corrected chi connectivity index (χ1v) is 7.54. The molecule has 7 heteroatoms. The SMILES string of the molecule is COCCCNC(=O)CNc1ccc(C(=O)NCCOC)cc1. The molecular weight excluding hydrogens is 298 g/mol. The molecule has 1 aromatic rings. The van der Waals surface area contributed by atoms with E-state index < -0.39 is 0 Å². The molecule has 0 fully saturated rings. The molecule has 1 aromatic carbocycles. The number of anilines is 1. The smallest absolute Gasteiger partial charge is 0.251 e. The van der Waals surface area contributed by atoms with Crippen molar-refractivity contribution in [3.8, 4) is 0 Å². The quantitative estimate of drug-likeness (QED) is 0.520. The highest BCUT2D eigenvalue weighted by molar-refractivity contribution is 5.94. The molecule has 0 saturated carbocycles. The monoisotopic (exact) mass is 323 g/mol. The van der Waals surface area contributed by atoms with Gasteiger partial charge in [-0.15, -0.1) is 0 Å². The molecule has 0 aliphatic heterocycles. The standard InChI is InChI=1S/C16H25N3O4/c1-22-10-3-8-17-15(20)12-19-14-6-4-13(5-7-14)16(21)18-9-11-23-2/h4-7,19H,3,8-12H2,1-2H3,(H,17,20)(H,18,21). The van der Waals surface area contributed by atoms with E-state index in [2.05, 4.69) is 16.0 Å². The van der Waals surface area contributed by atoms with Crippen LogP contribution in [0.5, 0.6) is 0 Å². The summed E-state index contributed by atoms with van der Waals surface area (Å²) in [6.45, 7) is 2.35. The number of benzene rings is 1. The Hall–Kier alpha value is -2.12. The number of nitrogens with one attached hydrogen (secondary N) is 3. The summed E-state index contributed by atoms with van der Waals surface area (Å²) in [7, 11) is 3.21. The lowest BCUT2D eigenvalue weighted by atomic mass is 10.2. The number of amides is 2. The predicted molar refractivity (Wildman–Crippen MR) is 88.6 cm³/mol. The van der Waals surface area contributed by atoms with Gasteiger partial charge in [0.1, 0.15) is 0 Å². The van der Waals surface area contributed by atoms with Crippen LogP contribution in [0, 0.1) is 0 Å². The Morgan fingerprint density at radius 3 is 2.30 bits per heavy atom. The van der Waals surface area contributed by atoms with Crippen molar-refractivity contribution in [1.82, 2.24) is 10.6 Å². The molecule has 0 radical (unpaired) electrons. The first-order valence-electron chi connectivity index (χ1n) is 7.54. The normalized spacial score (nSPS) is 10.2. The summed E-state index contributed by atoms with van der Waals surface area (Å²) in [4.78, 5) is 23.4. The predicted octanol–water partition coefficient (Wildman–Crippen LogP) is 0.627. The zero-order chi connectivity index (χ0) is 16.9. The van der Waals surface area contributed by atoms with Gasteiger partial charge in [0.2, 0.25) is 5.91 Å². The Bertz CT molecular complexity index is 477. The van der Waals surface area contributed by atoms with Crippen molar-refractivity contribution >= 4 is 17.5 Å². The van der Waals surface area contributed by atoms with Crippen molar-refractivity contribution in [2.45, 2.75) is 6.42 Å². The van der Waals surface area contributed by atoms with Gasteiger partial charge < -0.3 is 25.4 Å². The summed E-state index contributed by atoms with van der Waals surface area (Å²) in [6.07, 6.45) is 0.787. The average Bonchev–Trinajstić information content (AvgIpc) is 2.57. The number of methoxy groups -OCH3 is 2. The van der Waals surface area contributed by atoms with Crippen LogP contribution in [0.3, 0.4) is 0 Å². The Morgan fingerprint density at radius 2 is 1.65 bits per heavy atom. The maximum Gasteiger partial charge on any atom is 0.251 e. The van der Waals surface area contributed by atoms with Crippen molar-refractivity contribution < 1.29 is 19.1 Å². The van der Waals surface area contributed by atoms with E-state index in [1.54, 1.807) is 38.5 Å². The second-order valence-electron chi connectivity index (χ2n) is 4.88. The number of ether oxygens (including phenoxy) is 2. The molecule has 7 nitrogen and oxygen atoms in total. The molecule has 0 aromatic heterocycles. The first kappa shape index (κ1) is 18.9. The second kappa shape index (κ2) is 11.4. The second-order valence-corrected chi connectivity index (χ2v) is 4.88. The minimum atomic E-state index is -0.149. The van der Waals surface area contributed by atoms with Crippen LogP contribution in [0.25, 0.3) is 0 Å². The van der Waals surface area contributed by atoms with E-state index in [4.69, 9.17) is 9.47 Å². The van der Waals surface area contributed by atoms with Gasteiger partial charge in [0.15, 0.2) is 0 Å². The molecule has 0 saturated heterocycles. The molecule has 0 spiro atoms. The van der Waals surface area contributed by atoms with Gasteiger partial charge in [0.25, 0.3) is 5.91 Å². The molecule has 128 valence electrons. The Balaban J connectivity index is 2.30. The highest BCUT2D eigenvalue weighted by Crippen LogP contribution is 2.09. The zero-order valence-corrected chi connectivity index (χ0v) is 13.7. The third kappa shape index (κ3) is 8.18. The van der Waals surface area contributed by atoms with Gasteiger partial charge in [0, 0.05) is 45.2 Å². The summed E-state index contributed by atoms with van der Waals surface area (Å²) < 4.78 is 9.78. The van der Waals surface area contributed by atoms with Crippen molar-refractivity contribution in [3.63, 3.8) is 0 Å². The average molecular weight is 323 g/mol. The number of rotatable bonds is 11. The van der Waals surface area contributed by atoms with Gasteiger partial charge in [-0.05, 0) is 30.7 Å². The Labute approximate surface area is 136 Å². The van der Waals surface area contributed by atoms with Crippen LogP contribution < -0.4 is 16.0 Å². The molecule has 3 N–H and O–H groups in total. The molecule has 1 rings (SSSR count). The van der Waals surface area contributed by atoms with E-state index in [1.807, 2.05) is 0 Å². The molecule has 0 aliphatic carbocycles. The molecular formula is C16H25N3O4. The van der Waals surface area contributed by atoms with Crippen molar-refractivity contribution in [2.24, 2.45) is 0 Å². The lowest BCUT2D eigenvalue weighted by Crippen LogP contribution is -2.31. The van der Waals surface area contributed by atoms with Gasteiger partial charge in [-0.25, -0.2) is 0 Å². The first-order chi connectivity index (χ1) is 11.2. The summed E-state index contributed by atoms with van der Waals surface area (Å²) in [6, 6.07) is 6.95. The largest absolute Gasteiger partial charge is 0.385 e. The molecule has 0 aliphatic rings. The van der Waals surface area contributed by atoms with E-state index in [0.29, 0.717) is 31.9 Å². The van der Waals surface area contributed by atoms with E-state index in [1.165, 1.54) is 0 Å². The highest BCUT2D eigenvalue weighted by Gasteiger charge is 2.05. The lowest BCUT2D eigenvalue weighted by molar-refractivity contribution is -0.119. The van der Waals surface area contributed by atoms with Crippen LogP contribution in [0.1, 0.15) is 16.8 Å². The molecule has 0 unspecified atom stereocenters. The van der Waals surface area contributed by atoms with E-state index >= 15 is 0 Å². The fraction of sp³-hybridized carbons (Fsp3) is 0.500. The van der Waals surface area contributed by atoms with E-state index in [9.17, 15) is 9.59 Å². The topological polar surface area (TPSA) is 88.7 Å². The fourth-order valence-corrected chi connectivity index (χ4v) is 1.80. The maximum absolute atomic E-state index is 11.8.